The fraction of sp³-hybridized carbons (Fsp3) is 0.933. The summed E-state index contributed by atoms with van der Waals surface area (Å²) in [4.78, 5) is 4.92. The van der Waals surface area contributed by atoms with Gasteiger partial charge in [-0.15, -0.1) is 5.10 Å². The molecule has 0 aliphatic carbocycles. The van der Waals surface area contributed by atoms with Crippen LogP contribution in [0.4, 0.5) is 0 Å². The SMILES string of the molecule is CCC(C)(C)n1nnnc1C(C(C)C)N1CCN(C)CC1.[Cl-]. The van der Waals surface area contributed by atoms with Crippen molar-refractivity contribution in [2.24, 2.45) is 5.92 Å². The Hall–Kier alpha value is -0.720. The molecule has 0 radical (unpaired) electrons. The van der Waals surface area contributed by atoms with Crippen molar-refractivity contribution in [3.63, 3.8) is 0 Å². The monoisotopic (exact) mass is 329 g/mol. The van der Waals surface area contributed by atoms with Gasteiger partial charge in [0.1, 0.15) is 0 Å². The van der Waals surface area contributed by atoms with Gasteiger partial charge in [0.25, 0.3) is 0 Å². The van der Waals surface area contributed by atoms with Crippen molar-refractivity contribution < 1.29 is 12.4 Å². The molecule has 22 heavy (non-hydrogen) atoms. The highest BCUT2D eigenvalue weighted by Gasteiger charge is 2.34. The molecule has 1 aromatic rings. The summed E-state index contributed by atoms with van der Waals surface area (Å²) in [7, 11) is 2.19. The van der Waals surface area contributed by atoms with Crippen molar-refractivity contribution in [3.8, 4) is 0 Å². The predicted molar refractivity (Wildman–Crippen MR) is 84.1 cm³/mol. The van der Waals surface area contributed by atoms with Crippen LogP contribution in [0.5, 0.6) is 0 Å². The number of hydrogen-bond donors (Lipinski definition) is 0. The number of aromatic nitrogens is 4. The lowest BCUT2D eigenvalue weighted by atomic mass is 9.97. The van der Waals surface area contributed by atoms with E-state index < -0.39 is 0 Å². The first kappa shape index (κ1) is 19.3. The minimum Gasteiger partial charge on any atom is -1.00 e. The Morgan fingerprint density at radius 1 is 1.14 bits per heavy atom. The predicted octanol–water partition coefficient (Wildman–Crippen LogP) is -1.23. The summed E-state index contributed by atoms with van der Waals surface area (Å²) < 4.78 is 2.04. The molecule has 0 saturated carbocycles. The fourth-order valence-electron chi connectivity index (χ4n) is 2.94. The summed E-state index contributed by atoms with van der Waals surface area (Å²) in [6.07, 6.45) is 1.01. The molecule has 7 heteroatoms. The van der Waals surface area contributed by atoms with E-state index in [0.717, 1.165) is 38.4 Å². The molecule has 0 bridgehead atoms. The smallest absolute Gasteiger partial charge is 0.169 e. The minimum absolute atomic E-state index is 0. The first-order chi connectivity index (χ1) is 9.86. The average Bonchev–Trinajstić information content (AvgIpc) is 2.91. The van der Waals surface area contributed by atoms with Gasteiger partial charge in [0.2, 0.25) is 0 Å². The molecule has 128 valence electrons. The Labute approximate surface area is 140 Å². The van der Waals surface area contributed by atoms with E-state index in [0.29, 0.717) is 12.0 Å². The maximum atomic E-state index is 4.39. The van der Waals surface area contributed by atoms with Gasteiger partial charge in [0.15, 0.2) is 5.82 Å². The minimum atomic E-state index is -0.0431. The van der Waals surface area contributed by atoms with Crippen molar-refractivity contribution in [1.29, 1.82) is 0 Å². The Kier molecular flexibility index (Phi) is 6.77. The Bertz CT molecular complexity index is 451. The van der Waals surface area contributed by atoms with Crippen LogP contribution in [0, 0.1) is 5.92 Å². The van der Waals surface area contributed by atoms with Crippen LogP contribution in [0.2, 0.25) is 0 Å². The largest absolute Gasteiger partial charge is 1.00 e. The molecule has 0 N–H and O–H groups in total. The Balaban J connectivity index is 0.00000242. The van der Waals surface area contributed by atoms with Crippen molar-refractivity contribution in [2.45, 2.75) is 52.6 Å². The molecule has 1 aliphatic rings. The van der Waals surface area contributed by atoms with Crippen molar-refractivity contribution in [3.05, 3.63) is 5.82 Å². The van der Waals surface area contributed by atoms with Gasteiger partial charge in [-0.25, -0.2) is 4.68 Å². The molecule has 2 rings (SSSR count). The number of likely N-dealkylation sites (N-methyl/N-ethyl adjacent to an activating group) is 1. The standard InChI is InChI=1S/C15H30N6.ClH/c1-7-15(4,5)21-14(16-17-18-21)13(12(2)3)20-10-8-19(6)9-11-20;/h12-13H,7-11H2,1-6H3;1H/p-1. The Morgan fingerprint density at radius 3 is 2.23 bits per heavy atom. The second-order valence-corrected chi connectivity index (χ2v) is 7.14. The second kappa shape index (κ2) is 7.70. The van der Waals surface area contributed by atoms with Crippen LogP contribution in [0.1, 0.15) is 52.9 Å². The van der Waals surface area contributed by atoms with Gasteiger partial charge >= 0.3 is 0 Å². The summed E-state index contributed by atoms with van der Waals surface area (Å²) in [5, 5.41) is 12.7. The second-order valence-electron chi connectivity index (χ2n) is 7.14. The summed E-state index contributed by atoms with van der Waals surface area (Å²) in [5.41, 5.74) is -0.0431. The number of rotatable bonds is 5. The number of halogens is 1. The van der Waals surface area contributed by atoms with E-state index in [1.54, 1.807) is 0 Å². The van der Waals surface area contributed by atoms with Crippen LogP contribution in [0.3, 0.4) is 0 Å². The van der Waals surface area contributed by atoms with Gasteiger partial charge in [-0.1, -0.05) is 20.8 Å². The molecule has 2 heterocycles. The van der Waals surface area contributed by atoms with E-state index in [4.69, 9.17) is 0 Å². The van der Waals surface area contributed by atoms with Gasteiger partial charge in [0, 0.05) is 26.2 Å². The van der Waals surface area contributed by atoms with Crippen molar-refractivity contribution >= 4 is 0 Å². The average molecular weight is 330 g/mol. The van der Waals surface area contributed by atoms with Gasteiger partial charge in [-0.2, -0.15) is 0 Å². The zero-order chi connectivity index (χ0) is 15.6. The number of nitrogens with zero attached hydrogens (tertiary/aromatic N) is 6. The third kappa shape index (κ3) is 3.97. The molecular weight excluding hydrogens is 300 g/mol. The third-order valence-corrected chi connectivity index (χ3v) is 4.76. The molecule has 1 fully saturated rings. The number of piperazine rings is 1. The van der Waals surface area contributed by atoms with Crippen LogP contribution in [-0.4, -0.2) is 63.2 Å². The van der Waals surface area contributed by atoms with Crippen LogP contribution >= 0.6 is 0 Å². The Morgan fingerprint density at radius 2 is 1.73 bits per heavy atom. The van der Waals surface area contributed by atoms with Crippen molar-refractivity contribution in [2.75, 3.05) is 33.2 Å². The van der Waals surface area contributed by atoms with Crippen molar-refractivity contribution in [1.82, 2.24) is 30.0 Å². The van der Waals surface area contributed by atoms with E-state index in [1.165, 1.54) is 0 Å². The molecule has 0 aromatic carbocycles. The fourth-order valence-corrected chi connectivity index (χ4v) is 2.94. The molecular formula is C15H30ClN6-. The summed E-state index contributed by atoms with van der Waals surface area (Å²) in [6, 6.07) is 0.291. The molecule has 1 saturated heterocycles. The van der Waals surface area contributed by atoms with E-state index >= 15 is 0 Å². The van der Waals surface area contributed by atoms with Gasteiger partial charge in [-0.05, 0) is 43.7 Å². The lowest BCUT2D eigenvalue weighted by molar-refractivity contribution is -0.00000555. The van der Waals surface area contributed by atoms with Crippen LogP contribution in [0.15, 0.2) is 0 Å². The maximum absolute atomic E-state index is 4.39. The van der Waals surface area contributed by atoms with Gasteiger partial charge in [0.05, 0.1) is 11.6 Å². The van der Waals surface area contributed by atoms with E-state index in [2.05, 4.69) is 67.0 Å². The third-order valence-electron chi connectivity index (χ3n) is 4.76. The highest BCUT2D eigenvalue weighted by molar-refractivity contribution is 4.99. The molecule has 1 unspecified atom stereocenters. The normalized spacial score (nSPS) is 19.2. The van der Waals surface area contributed by atoms with E-state index in [1.807, 2.05) is 4.68 Å². The number of hydrogen-bond acceptors (Lipinski definition) is 5. The van der Waals surface area contributed by atoms with Gasteiger partial charge < -0.3 is 17.3 Å². The molecule has 6 nitrogen and oxygen atoms in total. The maximum Gasteiger partial charge on any atom is 0.169 e. The van der Waals surface area contributed by atoms with Gasteiger partial charge in [-0.3, -0.25) is 4.90 Å². The summed E-state index contributed by atoms with van der Waals surface area (Å²) in [6.45, 7) is 15.5. The lowest BCUT2D eigenvalue weighted by Crippen LogP contribution is -3.00. The van der Waals surface area contributed by atoms with Crippen LogP contribution in [0.25, 0.3) is 0 Å². The van der Waals surface area contributed by atoms with E-state index in [9.17, 15) is 0 Å². The summed E-state index contributed by atoms with van der Waals surface area (Å²) in [5.74, 6) is 1.51. The number of tetrazole rings is 1. The quantitative estimate of drug-likeness (QED) is 0.677. The zero-order valence-corrected chi connectivity index (χ0v) is 15.5. The highest BCUT2D eigenvalue weighted by Crippen LogP contribution is 2.31. The molecule has 1 aliphatic heterocycles. The summed E-state index contributed by atoms with van der Waals surface area (Å²) >= 11 is 0. The first-order valence-electron chi connectivity index (χ1n) is 8.08. The van der Waals surface area contributed by atoms with E-state index in [-0.39, 0.29) is 17.9 Å². The zero-order valence-electron chi connectivity index (χ0n) is 14.8. The highest BCUT2D eigenvalue weighted by atomic mass is 35.5. The molecule has 1 aromatic heterocycles. The first-order valence-corrected chi connectivity index (χ1v) is 8.08. The topological polar surface area (TPSA) is 50.1 Å². The van der Waals surface area contributed by atoms with Crippen LogP contribution in [-0.2, 0) is 5.54 Å². The molecule has 1 atom stereocenters. The van der Waals surface area contributed by atoms with Crippen LogP contribution < -0.4 is 12.4 Å². The molecule has 0 spiro atoms. The lowest BCUT2D eigenvalue weighted by Gasteiger charge is -2.40. The molecule has 0 amide bonds.